The molecule has 2 nitrogen and oxygen atoms in total. The molecule has 3 rings (SSSR count). The van der Waals surface area contributed by atoms with Gasteiger partial charge < -0.3 is 0 Å². The maximum absolute atomic E-state index is 6.41. The van der Waals surface area contributed by atoms with Crippen LogP contribution in [0.3, 0.4) is 0 Å². The molecule has 0 bridgehead atoms. The Labute approximate surface area is 131 Å². The van der Waals surface area contributed by atoms with Crippen LogP contribution in [0, 0.1) is 6.92 Å². The van der Waals surface area contributed by atoms with Crippen molar-refractivity contribution >= 4 is 11.6 Å². The Kier molecular flexibility index (Phi) is 3.99. The molecule has 1 aromatic heterocycles. The second-order valence-electron chi connectivity index (χ2n) is 5.91. The lowest BCUT2D eigenvalue weighted by Crippen LogP contribution is -2.27. The Morgan fingerprint density at radius 1 is 1.10 bits per heavy atom. The molecule has 0 saturated heterocycles. The Balaban J connectivity index is 2.15. The summed E-state index contributed by atoms with van der Waals surface area (Å²) in [7, 11) is 0. The van der Waals surface area contributed by atoms with Gasteiger partial charge in [-0.1, -0.05) is 61.7 Å². The van der Waals surface area contributed by atoms with Crippen molar-refractivity contribution < 1.29 is 0 Å². The van der Waals surface area contributed by atoms with Gasteiger partial charge >= 0.3 is 0 Å². The highest BCUT2D eigenvalue weighted by molar-refractivity contribution is 6.30. The van der Waals surface area contributed by atoms with Crippen LogP contribution in [0.2, 0.25) is 5.15 Å². The number of aryl methyl sites for hydroxylation is 1. The number of hydrogen-bond donors (Lipinski definition) is 0. The summed E-state index contributed by atoms with van der Waals surface area (Å²) in [6.45, 7) is 4.14. The molecule has 3 heteroatoms. The maximum atomic E-state index is 6.41. The van der Waals surface area contributed by atoms with Gasteiger partial charge in [0.05, 0.1) is 5.41 Å². The number of benzene rings is 1. The third kappa shape index (κ3) is 2.46. The molecule has 21 heavy (non-hydrogen) atoms. The smallest absolute Gasteiger partial charge is 0.140 e. The van der Waals surface area contributed by atoms with Crippen molar-refractivity contribution in [1.82, 2.24) is 9.97 Å². The second kappa shape index (κ2) is 5.76. The predicted molar refractivity (Wildman–Crippen MR) is 86.8 cm³/mol. The summed E-state index contributed by atoms with van der Waals surface area (Å²) in [6.07, 6.45) is 5.55. The molecule has 1 aliphatic carbocycles. The van der Waals surface area contributed by atoms with E-state index in [2.05, 4.69) is 42.2 Å². The first kappa shape index (κ1) is 14.5. The highest BCUT2D eigenvalue weighted by Gasteiger charge is 2.40. The summed E-state index contributed by atoms with van der Waals surface area (Å²) in [5, 5.41) is 0.627. The summed E-state index contributed by atoms with van der Waals surface area (Å²) in [4.78, 5) is 9.53. The molecule has 1 heterocycles. The van der Waals surface area contributed by atoms with Gasteiger partial charge in [-0.3, -0.25) is 0 Å². The van der Waals surface area contributed by atoms with E-state index in [9.17, 15) is 0 Å². The van der Waals surface area contributed by atoms with Crippen molar-refractivity contribution in [3.05, 3.63) is 58.1 Å². The molecule has 1 saturated carbocycles. The number of halogens is 1. The summed E-state index contributed by atoms with van der Waals surface area (Å²) in [5.41, 5.74) is 3.36. The first-order valence-electron chi connectivity index (χ1n) is 7.76. The Morgan fingerprint density at radius 2 is 1.76 bits per heavy atom. The average molecular weight is 301 g/mol. The molecular formula is C18H21ClN2. The summed E-state index contributed by atoms with van der Waals surface area (Å²) >= 11 is 6.41. The number of hydrogen-bond acceptors (Lipinski definition) is 2. The third-order valence-electron chi connectivity index (χ3n) is 4.73. The van der Waals surface area contributed by atoms with Crippen LogP contribution in [0.15, 0.2) is 30.3 Å². The minimum Gasteiger partial charge on any atom is -0.237 e. The Hall–Kier alpha value is -1.41. The monoisotopic (exact) mass is 300 g/mol. The van der Waals surface area contributed by atoms with E-state index < -0.39 is 0 Å². The predicted octanol–water partition coefficient (Wildman–Crippen LogP) is 4.86. The minimum atomic E-state index is -0.0536. The van der Waals surface area contributed by atoms with Gasteiger partial charge in [-0.25, -0.2) is 9.97 Å². The molecule has 1 fully saturated rings. The SMILES string of the molecule is CCc1c(C)nc(C2(c3ccccc3)CCCC2)nc1Cl. The van der Waals surface area contributed by atoms with Crippen LogP contribution < -0.4 is 0 Å². The molecular weight excluding hydrogens is 280 g/mol. The fourth-order valence-corrected chi connectivity index (χ4v) is 3.90. The first-order chi connectivity index (χ1) is 10.2. The standard InChI is InChI=1S/C18H21ClN2/c1-3-15-13(2)20-17(21-16(15)19)18(11-7-8-12-18)14-9-5-4-6-10-14/h4-6,9-10H,3,7-8,11-12H2,1-2H3. The zero-order valence-corrected chi connectivity index (χ0v) is 13.5. The number of nitrogens with zero attached hydrogens (tertiary/aromatic N) is 2. The first-order valence-corrected chi connectivity index (χ1v) is 8.14. The van der Waals surface area contributed by atoms with E-state index in [1.165, 1.54) is 18.4 Å². The van der Waals surface area contributed by atoms with Gasteiger partial charge in [0.15, 0.2) is 0 Å². The van der Waals surface area contributed by atoms with Gasteiger partial charge in [0, 0.05) is 11.3 Å². The summed E-state index contributed by atoms with van der Waals surface area (Å²) in [6, 6.07) is 10.7. The van der Waals surface area contributed by atoms with Crippen molar-refractivity contribution in [2.45, 2.75) is 51.4 Å². The Bertz CT molecular complexity index is 608. The van der Waals surface area contributed by atoms with Gasteiger partial charge in [-0.15, -0.1) is 0 Å². The number of aromatic nitrogens is 2. The van der Waals surface area contributed by atoms with Crippen molar-refractivity contribution in [2.75, 3.05) is 0 Å². The van der Waals surface area contributed by atoms with E-state index in [-0.39, 0.29) is 5.41 Å². The molecule has 1 aromatic carbocycles. The fourth-order valence-electron chi connectivity index (χ4n) is 3.55. The molecule has 0 spiro atoms. The Morgan fingerprint density at radius 3 is 2.33 bits per heavy atom. The zero-order valence-electron chi connectivity index (χ0n) is 12.7. The molecule has 0 radical (unpaired) electrons. The minimum absolute atomic E-state index is 0.0536. The van der Waals surface area contributed by atoms with Gasteiger partial charge in [0.25, 0.3) is 0 Å². The van der Waals surface area contributed by atoms with Crippen molar-refractivity contribution in [2.24, 2.45) is 0 Å². The van der Waals surface area contributed by atoms with E-state index >= 15 is 0 Å². The third-order valence-corrected chi connectivity index (χ3v) is 5.04. The fraction of sp³-hybridized carbons (Fsp3) is 0.444. The number of rotatable bonds is 3. The molecule has 0 atom stereocenters. The van der Waals surface area contributed by atoms with E-state index in [0.717, 1.165) is 36.3 Å². The zero-order chi connectivity index (χ0) is 14.9. The van der Waals surface area contributed by atoms with Crippen molar-refractivity contribution in [3.63, 3.8) is 0 Å². The van der Waals surface area contributed by atoms with Crippen LogP contribution in [0.25, 0.3) is 0 Å². The normalized spacial score (nSPS) is 17.1. The van der Waals surface area contributed by atoms with Crippen LogP contribution in [0.4, 0.5) is 0 Å². The van der Waals surface area contributed by atoms with Crippen molar-refractivity contribution in [3.8, 4) is 0 Å². The molecule has 0 aliphatic heterocycles. The largest absolute Gasteiger partial charge is 0.237 e. The highest BCUT2D eigenvalue weighted by Crippen LogP contribution is 2.45. The molecule has 110 valence electrons. The second-order valence-corrected chi connectivity index (χ2v) is 6.27. The highest BCUT2D eigenvalue weighted by atomic mass is 35.5. The lowest BCUT2D eigenvalue weighted by molar-refractivity contribution is 0.496. The van der Waals surface area contributed by atoms with Gasteiger partial charge in [0.1, 0.15) is 11.0 Å². The van der Waals surface area contributed by atoms with Crippen LogP contribution in [0.5, 0.6) is 0 Å². The van der Waals surface area contributed by atoms with Crippen LogP contribution in [-0.4, -0.2) is 9.97 Å². The van der Waals surface area contributed by atoms with E-state index in [4.69, 9.17) is 16.6 Å². The van der Waals surface area contributed by atoms with Crippen molar-refractivity contribution in [1.29, 1.82) is 0 Å². The lowest BCUT2D eigenvalue weighted by Gasteiger charge is -2.29. The van der Waals surface area contributed by atoms with Gasteiger partial charge in [0.2, 0.25) is 0 Å². The van der Waals surface area contributed by atoms with Crippen LogP contribution in [-0.2, 0) is 11.8 Å². The maximum Gasteiger partial charge on any atom is 0.140 e. The topological polar surface area (TPSA) is 25.8 Å². The van der Waals surface area contributed by atoms with E-state index in [1.807, 2.05) is 6.92 Å². The van der Waals surface area contributed by atoms with E-state index in [1.54, 1.807) is 0 Å². The van der Waals surface area contributed by atoms with E-state index in [0.29, 0.717) is 5.15 Å². The summed E-state index contributed by atoms with van der Waals surface area (Å²) in [5.74, 6) is 0.908. The van der Waals surface area contributed by atoms with Gasteiger partial charge in [-0.05, 0) is 31.7 Å². The van der Waals surface area contributed by atoms with Gasteiger partial charge in [-0.2, -0.15) is 0 Å². The van der Waals surface area contributed by atoms with Crippen LogP contribution in [0.1, 0.15) is 55.3 Å². The summed E-state index contributed by atoms with van der Waals surface area (Å²) < 4.78 is 0. The lowest BCUT2D eigenvalue weighted by atomic mass is 9.78. The molecule has 1 aliphatic rings. The average Bonchev–Trinajstić information content (AvgIpc) is 2.98. The molecule has 2 aromatic rings. The molecule has 0 amide bonds. The quantitative estimate of drug-likeness (QED) is 0.756. The molecule has 0 unspecified atom stereocenters. The molecule has 0 N–H and O–H groups in total. The van der Waals surface area contributed by atoms with Crippen LogP contribution >= 0.6 is 11.6 Å².